The number of halogens is 1. The lowest BCUT2D eigenvalue weighted by molar-refractivity contribution is -0.112. The van der Waals surface area contributed by atoms with Crippen LogP contribution in [0, 0.1) is 25.2 Å². The van der Waals surface area contributed by atoms with Gasteiger partial charge in [0.25, 0.3) is 5.91 Å². The third-order valence-corrected chi connectivity index (χ3v) is 4.25. The van der Waals surface area contributed by atoms with Crippen LogP contribution in [0.15, 0.2) is 54.2 Å². The van der Waals surface area contributed by atoms with Gasteiger partial charge in [-0.25, -0.2) is 0 Å². The highest BCUT2D eigenvalue weighted by molar-refractivity contribution is 6.31. The van der Waals surface area contributed by atoms with Crippen LogP contribution < -0.4 is 10.2 Å². The Balaban J connectivity index is 2.27. The fourth-order valence-electron chi connectivity index (χ4n) is 2.38. The number of amides is 1. The van der Waals surface area contributed by atoms with Gasteiger partial charge in [0, 0.05) is 29.1 Å². The van der Waals surface area contributed by atoms with E-state index in [0.29, 0.717) is 17.3 Å². The fourth-order valence-corrected chi connectivity index (χ4v) is 2.56. The lowest BCUT2D eigenvalue weighted by Crippen LogP contribution is -2.21. The molecule has 0 atom stereocenters. The van der Waals surface area contributed by atoms with E-state index in [1.807, 2.05) is 56.0 Å². The molecule has 5 heteroatoms. The van der Waals surface area contributed by atoms with E-state index in [1.165, 1.54) is 0 Å². The normalized spacial score (nSPS) is 10.9. The molecule has 0 saturated heterocycles. The first-order chi connectivity index (χ1) is 12.0. The smallest absolute Gasteiger partial charge is 0.267 e. The van der Waals surface area contributed by atoms with Crippen molar-refractivity contribution in [1.82, 2.24) is 0 Å². The molecule has 0 fully saturated rings. The van der Waals surface area contributed by atoms with Crippen LogP contribution in [-0.2, 0) is 4.79 Å². The van der Waals surface area contributed by atoms with Gasteiger partial charge in [-0.15, -0.1) is 0 Å². The van der Waals surface area contributed by atoms with Gasteiger partial charge in [0.05, 0.1) is 0 Å². The SMILES string of the molecule is CCN(/C=C(/C#N)C(=O)Nc1cccc(Cl)c1C)c1cccc(C)c1. The van der Waals surface area contributed by atoms with E-state index in [-0.39, 0.29) is 5.57 Å². The standard InChI is InChI=1S/C20H20ClN3O/c1-4-24(17-8-5-7-14(2)11-17)13-16(12-22)20(25)23-19-10-6-9-18(21)15(19)3/h5-11,13H,4H2,1-3H3,(H,23,25)/b16-13-. The molecule has 0 aromatic heterocycles. The zero-order valence-electron chi connectivity index (χ0n) is 14.5. The predicted molar refractivity (Wildman–Crippen MR) is 103 cm³/mol. The first-order valence-corrected chi connectivity index (χ1v) is 8.35. The number of hydrogen-bond acceptors (Lipinski definition) is 3. The Bertz CT molecular complexity index is 852. The summed E-state index contributed by atoms with van der Waals surface area (Å²) < 4.78 is 0. The first-order valence-electron chi connectivity index (χ1n) is 7.98. The molecule has 4 nitrogen and oxygen atoms in total. The van der Waals surface area contributed by atoms with Gasteiger partial charge in [-0.2, -0.15) is 5.26 Å². The van der Waals surface area contributed by atoms with Crippen molar-refractivity contribution < 1.29 is 4.79 Å². The summed E-state index contributed by atoms with van der Waals surface area (Å²) in [5, 5.41) is 12.7. The molecule has 2 aromatic rings. The molecule has 0 heterocycles. The molecule has 0 radical (unpaired) electrons. The summed E-state index contributed by atoms with van der Waals surface area (Å²) in [6.07, 6.45) is 1.57. The van der Waals surface area contributed by atoms with Crippen LogP contribution >= 0.6 is 11.6 Å². The molecule has 0 aliphatic carbocycles. The maximum atomic E-state index is 12.5. The summed E-state index contributed by atoms with van der Waals surface area (Å²) in [7, 11) is 0. The van der Waals surface area contributed by atoms with Gasteiger partial charge in [0.1, 0.15) is 11.6 Å². The number of carbonyl (C=O) groups excluding carboxylic acids is 1. The summed E-state index contributed by atoms with van der Waals surface area (Å²) in [6, 6.07) is 15.1. The number of benzene rings is 2. The third kappa shape index (κ3) is 4.62. The lowest BCUT2D eigenvalue weighted by Gasteiger charge is -2.19. The van der Waals surface area contributed by atoms with Crippen LogP contribution in [0.2, 0.25) is 5.02 Å². The minimum atomic E-state index is -0.459. The van der Waals surface area contributed by atoms with Crippen molar-refractivity contribution in [2.24, 2.45) is 0 Å². The van der Waals surface area contributed by atoms with E-state index in [4.69, 9.17) is 11.6 Å². The second kappa shape index (κ2) is 8.36. The highest BCUT2D eigenvalue weighted by Gasteiger charge is 2.14. The Morgan fingerprint density at radius 2 is 2.00 bits per heavy atom. The molecule has 0 spiro atoms. The number of nitrogens with zero attached hydrogens (tertiary/aromatic N) is 2. The molecule has 1 amide bonds. The van der Waals surface area contributed by atoms with E-state index in [2.05, 4.69) is 5.32 Å². The van der Waals surface area contributed by atoms with E-state index in [0.717, 1.165) is 16.8 Å². The van der Waals surface area contributed by atoms with Gasteiger partial charge in [-0.05, 0) is 56.2 Å². The molecule has 2 aromatic carbocycles. The van der Waals surface area contributed by atoms with E-state index >= 15 is 0 Å². The minimum Gasteiger partial charge on any atom is -0.347 e. The van der Waals surface area contributed by atoms with Gasteiger partial charge in [-0.3, -0.25) is 4.79 Å². The van der Waals surface area contributed by atoms with E-state index in [9.17, 15) is 10.1 Å². The van der Waals surface area contributed by atoms with Gasteiger partial charge in [-0.1, -0.05) is 29.8 Å². The summed E-state index contributed by atoms with van der Waals surface area (Å²) in [6.45, 7) is 6.42. The zero-order valence-corrected chi connectivity index (χ0v) is 15.3. The summed E-state index contributed by atoms with van der Waals surface area (Å²) >= 11 is 6.07. The molecule has 1 N–H and O–H groups in total. The topological polar surface area (TPSA) is 56.1 Å². The van der Waals surface area contributed by atoms with Crippen molar-refractivity contribution >= 4 is 28.9 Å². The molecule has 0 aliphatic heterocycles. The van der Waals surface area contributed by atoms with Crippen LogP contribution in [0.3, 0.4) is 0 Å². The average molecular weight is 354 g/mol. The second-order valence-corrected chi connectivity index (χ2v) is 6.05. The van der Waals surface area contributed by atoms with Crippen LogP contribution in [0.5, 0.6) is 0 Å². The van der Waals surface area contributed by atoms with Gasteiger partial charge >= 0.3 is 0 Å². The third-order valence-electron chi connectivity index (χ3n) is 3.84. The molecule has 2 rings (SSSR count). The van der Waals surface area contributed by atoms with Crippen molar-refractivity contribution in [2.75, 3.05) is 16.8 Å². The highest BCUT2D eigenvalue weighted by Crippen LogP contribution is 2.23. The van der Waals surface area contributed by atoms with Crippen LogP contribution in [0.4, 0.5) is 11.4 Å². The maximum Gasteiger partial charge on any atom is 0.267 e. The van der Waals surface area contributed by atoms with Crippen molar-refractivity contribution in [3.8, 4) is 6.07 Å². The molecular formula is C20H20ClN3O. The maximum absolute atomic E-state index is 12.5. The van der Waals surface area contributed by atoms with E-state index in [1.54, 1.807) is 24.4 Å². The molecule has 0 saturated carbocycles. The summed E-state index contributed by atoms with van der Waals surface area (Å²) in [4.78, 5) is 14.4. The predicted octanol–water partition coefficient (Wildman–Crippen LogP) is 4.83. The molecule has 128 valence electrons. The molecule has 25 heavy (non-hydrogen) atoms. The monoisotopic (exact) mass is 353 g/mol. The number of nitriles is 1. The number of nitrogens with one attached hydrogen (secondary N) is 1. The van der Waals surface area contributed by atoms with Crippen LogP contribution in [0.25, 0.3) is 0 Å². The number of anilines is 2. The van der Waals surface area contributed by atoms with Crippen LogP contribution in [0.1, 0.15) is 18.1 Å². The van der Waals surface area contributed by atoms with Gasteiger partial charge in [0.2, 0.25) is 0 Å². The Morgan fingerprint density at radius 1 is 1.28 bits per heavy atom. The van der Waals surface area contributed by atoms with E-state index < -0.39 is 5.91 Å². The Morgan fingerprint density at radius 3 is 2.64 bits per heavy atom. The minimum absolute atomic E-state index is 0.0303. The highest BCUT2D eigenvalue weighted by atomic mass is 35.5. The summed E-state index contributed by atoms with van der Waals surface area (Å²) in [5.74, 6) is -0.459. The van der Waals surface area contributed by atoms with Crippen LogP contribution in [-0.4, -0.2) is 12.5 Å². The van der Waals surface area contributed by atoms with Crippen molar-refractivity contribution in [3.05, 3.63) is 70.4 Å². The van der Waals surface area contributed by atoms with Crippen molar-refractivity contribution in [3.63, 3.8) is 0 Å². The largest absolute Gasteiger partial charge is 0.347 e. The molecule has 0 unspecified atom stereocenters. The van der Waals surface area contributed by atoms with Crippen molar-refractivity contribution in [2.45, 2.75) is 20.8 Å². The second-order valence-electron chi connectivity index (χ2n) is 5.65. The quantitative estimate of drug-likeness (QED) is 0.618. The van der Waals surface area contributed by atoms with Crippen molar-refractivity contribution in [1.29, 1.82) is 5.26 Å². The van der Waals surface area contributed by atoms with Gasteiger partial charge in [0.15, 0.2) is 0 Å². The average Bonchev–Trinajstić information content (AvgIpc) is 2.60. The zero-order chi connectivity index (χ0) is 18.4. The number of aryl methyl sites for hydroxylation is 1. The van der Waals surface area contributed by atoms with Gasteiger partial charge < -0.3 is 10.2 Å². The number of hydrogen-bond donors (Lipinski definition) is 1. The number of carbonyl (C=O) groups is 1. The molecule has 0 bridgehead atoms. The summed E-state index contributed by atoms with van der Waals surface area (Å²) in [5.41, 5.74) is 3.43. The molecule has 0 aliphatic rings. The fraction of sp³-hybridized carbons (Fsp3) is 0.200. The Labute approximate surface area is 153 Å². The first kappa shape index (κ1) is 18.6. The Hall–Kier alpha value is -2.77. The Kier molecular flexibility index (Phi) is 6.21. The lowest BCUT2D eigenvalue weighted by atomic mass is 10.2. The number of rotatable bonds is 5. The molecular weight excluding hydrogens is 334 g/mol.